The van der Waals surface area contributed by atoms with Crippen molar-refractivity contribution in [3.8, 4) is 0 Å². The molecule has 0 saturated heterocycles. The van der Waals surface area contributed by atoms with Crippen LogP contribution in [0.3, 0.4) is 0 Å². The van der Waals surface area contributed by atoms with Crippen molar-refractivity contribution in [3.05, 3.63) is 18.0 Å². The average molecular weight is 182 g/mol. The lowest BCUT2D eigenvalue weighted by atomic mass is 10.1. The highest BCUT2D eigenvalue weighted by atomic mass is 16.2. The zero-order valence-corrected chi connectivity index (χ0v) is 7.82. The Bertz CT molecular complexity index is 294. The number of aromatic nitrogens is 2. The topological polar surface area (TPSA) is 72.9 Å². The Morgan fingerprint density at radius 2 is 2.54 bits per heavy atom. The van der Waals surface area contributed by atoms with Gasteiger partial charge in [-0.2, -0.15) is 5.10 Å². The van der Waals surface area contributed by atoms with E-state index < -0.39 is 6.04 Å². The normalized spacial score (nSPS) is 12.5. The van der Waals surface area contributed by atoms with Gasteiger partial charge in [0.15, 0.2) is 0 Å². The van der Waals surface area contributed by atoms with Crippen molar-refractivity contribution in [2.24, 2.45) is 12.8 Å². The van der Waals surface area contributed by atoms with E-state index in [1.165, 1.54) is 0 Å². The molecule has 1 aromatic rings. The monoisotopic (exact) mass is 182 g/mol. The first kappa shape index (κ1) is 9.73. The van der Waals surface area contributed by atoms with E-state index in [0.717, 1.165) is 5.56 Å². The lowest BCUT2D eigenvalue weighted by Crippen LogP contribution is -2.33. The molecule has 0 fully saturated rings. The number of amides is 1. The zero-order chi connectivity index (χ0) is 9.84. The summed E-state index contributed by atoms with van der Waals surface area (Å²) in [7, 11) is 1.79. The number of carbonyl (C=O) groups is 1. The van der Waals surface area contributed by atoms with E-state index in [4.69, 9.17) is 5.73 Å². The Morgan fingerprint density at radius 3 is 3.00 bits per heavy atom. The fourth-order valence-corrected chi connectivity index (χ4v) is 1.04. The molecule has 5 nitrogen and oxygen atoms in total. The van der Waals surface area contributed by atoms with E-state index in [9.17, 15) is 4.79 Å². The second kappa shape index (κ2) is 4.04. The molecule has 0 aliphatic rings. The molecule has 1 unspecified atom stereocenters. The van der Waals surface area contributed by atoms with Gasteiger partial charge < -0.3 is 11.1 Å². The molecule has 0 radical (unpaired) electrons. The summed E-state index contributed by atoms with van der Waals surface area (Å²) in [5.74, 6) is -0.171. The minimum Gasteiger partial charge on any atom is -0.355 e. The van der Waals surface area contributed by atoms with Crippen molar-refractivity contribution < 1.29 is 4.79 Å². The number of nitrogens with one attached hydrogen (secondary N) is 1. The van der Waals surface area contributed by atoms with Crippen LogP contribution in [0.1, 0.15) is 18.5 Å². The fraction of sp³-hybridized carbons (Fsp3) is 0.500. The molecule has 72 valence electrons. The second-order valence-electron chi connectivity index (χ2n) is 2.82. The van der Waals surface area contributed by atoms with Gasteiger partial charge in [-0.3, -0.25) is 9.48 Å². The minimum atomic E-state index is -0.617. The lowest BCUT2D eigenvalue weighted by Gasteiger charge is -2.08. The molecule has 1 rings (SSSR count). The van der Waals surface area contributed by atoms with Crippen LogP contribution < -0.4 is 11.1 Å². The molecule has 1 amide bonds. The summed E-state index contributed by atoms with van der Waals surface area (Å²) >= 11 is 0. The maximum atomic E-state index is 11.3. The number of hydrogen-bond donors (Lipinski definition) is 2. The quantitative estimate of drug-likeness (QED) is 0.665. The molecule has 1 aromatic heterocycles. The highest BCUT2D eigenvalue weighted by Gasteiger charge is 2.15. The number of carbonyl (C=O) groups excluding carboxylic acids is 1. The third kappa shape index (κ3) is 2.29. The number of likely N-dealkylation sites (N-methyl/N-ethyl adjacent to an activating group) is 1. The first-order valence-electron chi connectivity index (χ1n) is 4.17. The molecule has 0 spiro atoms. The number of rotatable bonds is 3. The van der Waals surface area contributed by atoms with Gasteiger partial charge in [-0.1, -0.05) is 0 Å². The van der Waals surface area contributed by atoms with Crippen LogP contribution >= 0.6 is 0 Å². The Hall–Kier alpha value is -1.36. The van der Waals surface area contributed by atoms with E-state index in [1.807, 2.05) is 6.92 Å². The van der Waals surface area contributed by atoms with Crippen molar-refractivity contribution in [1.29, 1.82) is 0 Å². The van der Waals surface area contributed by atoms with Gasteiger partial charge in [0.1, 0.15) is 6.04 Å². The van der Waals surface area contributed by atoms with Gasteiger partial charge in [0.2, 0.25) is 5.91 Å². The van der Waals surface area contributed by atoms with Crippen molar-refractivity contribution in [1.82, 2.24) is 15.1 Å². The van der Waals surface area contributed by atoms with Gasteiger partial charge in [0.25, 0.3) is 0 Å². The third-order valence-corrected chi connectivity index (χ3v) is 1.72. The number of nitrogens with two attached hydrogens (primary N) is 1. The molecular weight excluding hydrogens is 168 g/mol. The van der Waals surface area contributed by atoms with Crippen LogP contribution in [0.4, 0.5) is 0 Å². The minimum absolute atomic E-state index is 0.171. The second-order valence-corrected chi connectivity index (χ2v) is 2.82. The zero-order valence-electron chi connectivity index (χ0n) is 7.82. The molecule has 0 bridgehead atoms. The van der Waals surface area contributed by atoms with Crippen LogP contribution in [0.15, 0.2) is 12.4 Å². The van der Waals surface area contributed by atoms with Crippen molar-refractivity contribution in [2.75, 3.05) is 6.54 Å². The molecule has 0 aromatic carbocycles. The molecule has 1 heterocycles. The van der Waals surface area contributed by atoms with Crippen molar-refractivity contribution >= 4 is 5.91 Å². The summed E-state index contributed by atoms with van der Waals surface area (Å²) in [6.45, 7) is 2.45. The lowest BCUT2D eigenvalue weighted by molar-refractivity contribution is -0.122. The van der Waals surface area contributed by atoms with Crippen LogP contribution in [-0.4, -0.2) is 22.2 Å². The largest absolute Gasteiger partial charge is 0.355 e. The number of nitrogens with zero attached hydrogens (tertiary/aromatic N) is 2. The summed E-state index contributed by atoms with van der Waals surface area (Å²) in [5, 5.41) is 6.59. The first-order valence-corrected chi connectivity index (χ1v) is 4.17. The van der Waals surface area contributed by atoms with E-state index in [2.05, 4.69) is 10.4 Å². The maximum absolute atomic E-state index is 11.3. The molecule has 0 saturated carbocycles. The smallest absolute Gasteiger partial charge is 0.241 e. The van der Waals surface area contributed by atoms with Crippen LogP contribution in [-0.2, 0) is 11.8 Å². The van der Waals surface area contributed by atoms with Crippen molar-refractivity contribution in [3.63, 3.8) is 0 Å². The van der Waals surface area contributed by atoms with E-state index in [-0.39, 0.29) is 5.91 Å². The summed E-state index contributed by atoms with van der Waals surface area (Å²) < 4.78 is 1.62. The van der Waals surface area contributed by atoms with Crippen LogP contribution in [0.25, 0.3) is 0 Å². The molecule has 1 atom stereocenters. The van der Waals surface area contributed by atoms with Gasteiger partial charge in [-0.05, 0) is 6.92 Å². The molecule has 0 aliphatic heterocycles. The number of hydrogen-bond acceptors (Lipinski definition) is 3. The van der Waals surface area contributed by atoms with E-state index in [0.29, 0.717) is 6.54 Å². The Kier molecular flexibility index (Phi) is 3.02. The molecule has 5 heteroatoms. The highest BCUT2D eigenvalue weighted by Crippen LogP contribution is 2.07. The third-order valence-electron chi connectivity index (χ3n) is 1.72. The number of aryl methyl sites for hydroxylation is 1. The molecule has 0 aliphatic carbocycles. The van der Waals surface area contributed by atoms with Gasteiger partial charge in [0, 0.05) is 25.4 Å². The SMILES string of the molecule is CCNC(=O)C(N)c1cnn(C)c1. The van der Waals surface area contributed by atoms with Gasteiger partial charge >= 0.3 is 0 Å². The van der Waals surface area contributed by atoms with Crippen LogP contribution in [0.2, 0.25) is 0 Å². The van der Waals surface area contributed by atoms with Crippen molar-refractivity contribution in [2.45, 2.75) is 13.0 Å². The molecule has 3 N–H and O–H groups in total. The average Bonchev–Trinajstić information content (AvgIpc) is 2.51. The summed E-state index contributed by atoms with van der Waals surface area (Å²) in [5.41, 5.74) is 6.40. The fourth-order valence-electron chi connectivity index (χ4n) is 1.04. The summed E-state index contributed by atoms with van der Waals surface area (Å²) in [4.78, 5) is 11.3. The van der Waals surface area contributed by atoms with E-state index >= 15 is 0 Å². The predicted molar refractivity (Wildman–Crippen MR) is 48.8 cm³/mol. The predicted octanol–water partition coefficient (Wildman–Crippen LogP) is -0.444. The maximum Gasteiger partial charge on any atom is 0.241 e. The van der Waals surface area contributed by atoms with Crippen LogP contribution in [0.5, 0.6) is 0 Å². The Morgan fingerprint density at radius 1 is 1.85 bits per heavy atom. The standard InChI is InChI=1S/C8H14N4O/c1-3-10-8(13)7(9)6-4-11-12(2)5-6/h4-5,7H,3,9H2,1-2H3,(H,10,13). The summed E-state index contributed by atoms with van der Waals surface area (Å²) in [6, 6.07) is -0.617. The van der Waals surface area contributed by atoms with E-state index in [1.54, 1.807) is 24.1 Å². The molecular formula is C8H14N4O. The summed E-state index contributed by atoms with van der Waals surface area (Å²) in [6.07, 6.45) is 3.33. The van der Waals surface area contributed by atoms with Gasteiger partial charge in [-0.15, -0.1) is 0 Å². The molecule has 13 heavy (non-hydrogen) atoms. The van der Waals surface area contributed by atoms with Gasteiger partial charge in [0.05, 0.1) is 6.20 Å². The van der Waals surface area contributed by atoms with Crippen LogP contribution in [0, 0.1) is 0 Å². The first-order chi connectivity index (χ1) is 6.15. The Labute approximate surface area is 76.9 Å². The Balaban J connectivity index is 2.67. The highest BCUT2D eigenvalue weighted by molar-refractivity contribution is 5.82. The van der Waals surface area contributed by atoms with Gasteiger partial charge in [-0.25, -0.2) is 0 Å².